The number of carbonyl (C=O) groups excluding carboxylic acids is 1. The van der Waals surface area contributed by atoms with Gasteiger partial charge < -0.3 is 10.1 Å². The van der Waals surface area contributed by atoms with Crippen molar-refractivity contribution in [3.8, 4) is 0 Å². The van der Waals surface area contributed by atoms with Crippen LogP contribution in [0, 0.1) is 11.7 Å². The number of hydrogen-bond acceptors (Lipinski definition) is 3. The highest BCUT2D eigenvalue weighted by molar-refractivity contribution is 5.95. The quantitative estimate of drug-likeness (QED) is 0.796. The molecular formula is C15H22FNO2. The van der Waals surface area contributed by atoms with Gasteiger partial charge >= 0.3 is 5.97 Å². The molecule has 1 atom stereocenters. The van der Waals surface area contributed by atoms with Gasteiger partial charge in [-0.2, -0.15) is 0 Å². The number of nitrogens with one attached hydrogen (secondary N) is 1. The van der Waals surface area contributed by atoms with Crippen molar-refractivity contribution in [2.75, 3.05) is 12.4 Å². The van der Waals surface area contributed by atoms with Gasteiger partial charge in [0.1, 0.15) is 5.82 Å². The van der Waals surface area contributed by atoms with Gasteiger partial charge in [0.15, 0.2) is 0 Å². The molecule has 0 radical (unpaired) electrons. The predicted octanol–water partition coefficient (Wildman–Crippen LogP) is 3.85. The highest BCUT2D eigenvalue weighted by Gasteiger charge is 2.14. The van der Waals surface area contributed by atoms with Crippen LogP contribution in [0.15, 0.2) is 18.2 Å². The van der Waals surface area contributed by atoms with Crippen LogP contribution in [0.1, 0.15) is 44.0 Å². The molecule has 1 rings (SSSR count). The monoisotopic (exact) mass is 267 g/mol. The zero-order valence-corrected chi connectivity index (χ0v) is 12.0. The van der Waals surface area contributed by atoms with Crippen molar-refractivity contribution < 1.29 is 13.9 Å². The fraction of sp³-hybridized carbons (Fsp3) is 0.533. The van der Waals surface area contributed by atoms with Gasteiger partial charge in [0, 0.05) is 11.7 Å². The van der Waals surface area contributed by atoms with Crippen LogP contribution in [0.5, 0.6) is 0 Å². The number of benzene rings is 1. The Labute approximate surface area is 114 Å². The van der Waals surface area contributed by atoms with Gasteiger partial charge in [0.25, 0.3) is 0 Å². The third-order valence-electron chi connectivity index (χ3n) is 2.97. The summed E-state index contributed by atoms with van der Waals surface area (Å²) in [5.41, 5.74) is 0.850. The van der Waals surface area contributed by atoms with E-state index >= 15 is 0 Å². The summed E-state index contributed by atoms with van der Waals surface area (Å²) in [7, 11) is 1.29. The van der Waals surface area contributed by atoms with Crippen LogP contribution in [0.3, 0.4) is 0 Å². The Balaban J connectivity index is 2.79. The smallest absolute Gasteiger partial charge is 0.340 e. The normalized spacial score (nSPS) is 12.3. The molecule has 0 amide bonds. The number of anilines is 1. The molecule has 3 nitrogen and oxygen atoms in total. The van der Waals surface area contributed by atoms with E-state index in [9.17, 15) is 9.18 Å². The van der Waals surface area contributed by atoms with Crippen molar-refractivity contribution in [3.63, 3.8) is 0 Å². The van der Waals surface area contributed by atoms with Crippen LogP contribution in [0.25, 0.3) is 0 Å². The van der Waals surface area contributed by atoms with Crippen LogP contribution in [0.2, 0.25) is 0 Å². The van der Waals surface area contributed by atoms with Gasteiger partial charge in [-0.25, -0.2) is 9.18 Å². The first-order chi connectivity index (χ1) is 8.93. The Morgan fingerprint density at radius 3 is 2.58 bits per heavy atom. The maximum absolute atomic E-state index is 13.2. The molecule has 0 heterocycles. The zero-order chi connectivity index (χ0) is 14.4. The number of hydrogen-bond donors (Lipinski definition) is 1. The van der Waals surface area contributed by atoms with Crippen molar-refractivity contribution in [2.24, 2.45) is 5.92 Å². The number of ether oxygens (including phenoxy) is 1. The lowest BCUT2D eigenvalue weighted by molar-refractivity contribution is 0.0601. The molecule has 19 heavy (non-hydrogen) atoms. The van der Waals surface area contributed by atoms with Crippen molar-refractivity contribution in [3.05, 3.63) is 29.6 Å². The number of halogens is 1. The number of rotatable bonds is 6. The molecule has 0 aliphatic carbocycles. The summed E-state index contributed by atoms with van der Waals surface area (Å²) in [6.45, 7) is 6.39. The standard InChI is InChI=1S/C15H22FNO2/c1-10(2)5-6-11(3)17-14-8-7-12(16)9-13(14)15(18)19-4/h7-11,17H,5-6H2,1-4H3. The van der Waals surface area contributed by atoms with E-state index in [1.54, 1.807) is 6.07 Å². The first-order valence-electron chi connectivity index (χ1n) is 6.58. The summed E-state index contributed by atoms with van der Waals surface area (Å²) in [6, 6.07) is 4.33. The van der Waals surface area contributed by atoms with Crippen molar-refractivity contribution in [2.45, 2.75) is 39.7 Å². The first kappa shape index (κ1) is 15.5. The maximum Gasteiger partial charge on any atom is 0.340 e. The molecule has 4 heteroatoms. The first-order valence-corrected chi connectivity index (χ1v) is 6.58. The van der Waals surface area contributed by atoms with Crippen LogP contribution in [0.4, 0.5) is 10.1 Å². The SMILES string of the molecule is COC(=O)c1cc(F)ccc1NC(C)CCC(C)C. The number of methoxy groups -OCH3 is 1. The van der Waals surface area contributed by atoms with E-state index in [4.69, 9.17) is 0 Å². The van der Waals surface area contributed by atoms with Crippen LogP contribution in [-0.4, -0.2) is 19.1 Å². The van der Waals surface area contributed by atoms with Gasteiger partial charge in [0.05, 0.1) is 12.7 Å². The summed E-state index contributed by atoms with van der Waals surface area (Å²) in [4.78, 5) is 11.6. The Morgan fingerprint density at radius 2 is 2.00 bits per heavy atom. The van der Waals surface area contributed by atoms with E-state index in [1.165, 1.54) is 19.2 Å². The van der Waals surface area contributed by atoms with E-state index < -0.39 is 11.8 Å². The average Bonchev–Trinajstić information content (AvgIpc) is 2.37. The molecule has 0 aliphatic rings. The molecule has 1 aromatic carbocycles. The second-order valence-electron chi connectivity index (χ2n) is 5.20. The lowest BCUT2D eigenvalue weighted by Gasteiger charge is -2.18. The van der Waals surface area contributed by atoms with Crippen LogP contribution >= 0.6 is 0 Å². The molecule has 0 aliphatic heterocycles. The molecule has 0 aromatic heterocycles. The van der Waals surface area contributed by atoms with E-state index in [0.29, 0.717) is 11.6 Å². The van der Waals surface area contributed by atoms with Crippen LogP contribution in [-0.2, 0) is 4.74 Å². The second kappa shape index (κ2) is 7.12. The summed E-state index contributed by atoms with van der Waals surface area (Å²) in [5.74, 6) is -0.337. The maximum atomic E-state index is 13.2. The highest BCUT2D eigenvalue weighted by Crippen LogP contribution is 2.20. The molecular weight excluding hydrogens is 245 g/mol. The van der Waals surface area contributed by atoms with Gasteiger partial charge in [0.2, 0.25) is 0 Å². The lowest BCUT2D eigenvalue weighted by Crippen LogP contribution is -2.18. The Hall–Kier alpha value is -1.58. The Bertz CT molecular complexity index is 432. The zero-order valence-electron chi connectivity index (χ0n) is 12.0. The minimum absolute atomic E-state index is 0.219. The summed E-state index contributed by atoms with van der Waals surface area (Å²) in [5, 5.41) is 3.24. The van der Waals surface area contributed by atoms with Crippen molar-refractivity contribution in [1.82, 2.24) is 0 Å². The van der Waals surface area contributed by atoms with E-state index in [0.717, 1.165) is 12.8 Å². The molecule has 0 spiro atoms. The molecule has 1 N–H and O–H groups in total. The highest BCUT2D eigenvalue weighted by atomic mass is 19.1. The largest absolute Gasteiger partial charge is 0.465 e. The molecule has 1 unspecified atom stereocenters. The van der Waals surface area contributed by atoms with Gasteiger partial charge in [-0.3, -0.25) is 0 Å². The Kier molecular flexibility index (Phi) is 5.80. The summed E-state index contributed by atoms with van der Waals surface area (Å²) >= 11 is 0. The second-order valence-corrected chi connectivity index (χ2v) is 5.20. The van der Waals surface area contributed by atoms with E-state index in [1.807, 2.05) is 6.92 Å². The van der Waals surface area contributed by atoms with Gasteiger partial charge in [-0.1, -0.05) is 13.8 Å². The van der Waals surface area contributed by atoms with Crippen molar-refractivity contribution in [1.29, 1.82) is 0 Å². The van der Waals surface area contributed by atoms with Gasteiger partial charge in [-0.15, -0.1) is 0 Å². The summed E-state index contributed by atoms with van der Waals surface area (Å²) in [6.07, 6.45) is 2.10. The molecule has 0 bridgehead atoms. The molecule has 0 fully saturated rings. The predicted molar refractivity (Wildman–Crippen MR) is 74.9 cm³/mol. The lowest BCUT2D eigenvalue weighted by atomic mass is 10.0. The minimum Gasteiger partial charge on any atom is -0.465 e. The van der Waals surface area contributed by atoms with Crippen molar-refractivity contribution >= 4 is 11.7 Å². The molecule has 0 saturated heterocycles. The molecule has 106 valence electrons. The average molecular weight is 267 g/mol. The fourth-order valence-corrected chi connectivity index (χ4v) is 1.84. The topological polar surface area (TPSA) is 38.3 Å². The third kappa shape index (κ3) is 4.89. The minimum atomic E-state index is -0.530. The van der Waals surface area contributed by atoms with Gasteiger partial charge in [-0.05, 0) is 43.9 Å². The fourth-order valence-electron chi connectivity index (χ4n) is 1.84. The third-order valence-corrected chi connectivity index (χ3v) is 2.97. The number of carbonyl (C=O) groups is 1. The van der Waals surface area contributed by atoms with Crippen LogP contribution < -0.4 is 5.32 Å². The van der Waals surface area contributed by atoms with E-state index in [2.05, 4.69) is 23.9 Å². The summed E-state index contributed by atoms with van der Waals surface area (Å²) < 4.78 is 17.9. The molecule has 1 aromatic rings. The number of esters is 1. The Morgan fingerprint density at radius 1 is 1.32 bits per heavy atom. The van der Waals surface area contributed by atoms with E-state index in [-0.39, 0.29) is 11.6 Å². The molecule has 0 saturated carbocycles.